The molecule has 1 atom stereocenters. The molecule has 2 aromatic carbocycles. The lowest BCUT2D eigenvalue weighted by atomic mass is 10.0. The van der Waals surface area contributed by atoms with Gasteiger partial charge in [-0.2, -0.15) is 5.10 Å². The smallest absolute Gasteiger partial charge is 0.274 e. The largest absolute Gasteiger partial charge is 0.306 e. The van der Waals surface area contributed by atoms with Gasteiger partial charge in [-0.3, -0.25) is 9.35 Å². The molecule has 2 heterocycles. The Bertz CT molecular complexity index is 1120. The van der Waals surface area contributed by atoms with E-state index in [2.05, 4.69) is 16.7 Å². The average Bonchev–Trinajstić information content (AvgIpc) is 2.75. The molecule has 0 saturated carbocycles. The second-order valence-electron chi connectivity index (χ2n) is 7.77. The van der Waals surface area contributed by atoms with E-state index >= 15 is 0 Å². The number of likely N-dealkylation sites (tertiary alicyclic amines) is 1. The summed E-state index contributed by atoms with van der Waals surface area (Å²) in [6, 6.07) is 15.7. The zero-order valence-electron chi connectivity index (χ0n) is 17.0. The van der Waals surface area contributed by atoms with Crippen LogP contribution in [0.4, 0.5) is 0 Å². The minimum absolute atomic E-state index is 0.0327. The van der Waals surface area contributed by atoms with Gasteiger partial charge in [0.25, 0.3) is 5.56 Å². The van der Waals surface area contributed by atoms with Crippen molar-refractivity contribution in [1.29, 1.82) is 0 Å². The van der Waals surface area contributed by atoms with E-state index in [1.165, 1.54) is 0 Å². The van der Waals surface area contributed by atoms with Gasteiger partial charge >= 0.3 is 0 Å². The fourth-order valence-corrected chi connectivity index (χ4v) is 4.34. The molecule has 8 heteroatoms. The van der Waals surface area contributed by atoms with Crippen molar-refractivity contribution in [2.75, 3.05) is 26.7 Å². The van der Waals surface area contributed by atoms with Crippen molar-refractivity contribution in [2.24, 2.45) is 0 Å². The van der Waals surface area contributed by atoms with Crippen LogP contribution < -0.4 is 10.3 Å². The molecule has 4 rings (SSSR count). The molecule has 30 heavy (non-hydrogen) atoms. The molecule has 1 aromatic heterocycles. The Balaban J connectivity index is 1.76. The normalized spacial score (nSPS) is 16.7. The maximum atomic E-state index is 13.2. The first kappa shape index (κ1) is 20.9. The van der Waals surface area contributed by atoms with Crippen LogP contribution in [0.1, 0.15) is 24.4 Å². The number of nitrogens with one attached hydrogen (secondary N) is 1. The summed E-state index contributed by atoms with van der Waals surface area (Å²) in [6.07, 6.45) is 2.43. The van der Waals surface area contributed by atoms with Gasteiger partial charge in [0.2, 0.25) is 11.3 Å². The minimum Gasteiger partial charge on any atom is -0.306 e. The van der Waals surface area contributed by atoms with E-state index in [1.54, 1.807) is 4.68 Å². The van der Waals surface area contributed by atoms with Crippen molar-refractivity contribution in [2.45, 2.75) is 25.3 Å². The number of hydrogen-bond donors (Lipinski definition) is 2. The zero-order chi connectivity index (χ0) is 21.1. The molecular weight excluding hydrogens is 400 g/mol. The number of nitrogens with zero attached hydrogens (tertiary/aromatic N) is 3. The molecule has 0 amide bonds. The van der Waals surface area contributed by atoms with Crippen LogP contribution in [0.3, 0.4) is 0 Å². The fraction of sp³-hybridized carbons (Fsp3) is 0.364. The van der Waals surface area contributed by atoms with E-state index in [0.29, 0.717) is 18.4 Å². The Labute approximate surface area is 178 Å². The van der Waals surface area contributed by atoms with E-state index < -0.39 is 11.3 Å². The highest BCUT2D eigenvalue weighted by Gasteiger charge is 2.22. The van der Waals surface area contributed by atoms with Gasteiger partial charge in [-0.1, -0.05) is 36.4 Å². The number of hydrogen-bond acceptors (Lipinski definition) is 4. The second-order valence-corrected chi connectivity index (χ2v) is 8.56. The summed E-state index contributed by atoms with van der Waals surface area (Å²) in [7, 11) is 2.10. The molecule has 0 spiro atoms. The van der Waals surface area contributed by atoms with Gasteiger partial charge in [0, 0.05) is 17.5 Å². The molecular formula is C22H26N4O3S. The van der Waals surface area contributed by atoms with Crippen LogP contribution >= 0.6 is 0 Å². The molecule has 1 fully saturated rings. The minimum atomic E-state index is -2.01. The van der Waals surface area contributed by atoms with Gasteiger partial charge < -0.3 is 4.90 Å². The van der Waals surface area contributed by atoms with Gasteiger partial charge in [0.15, 0.2) is 0 Å². The first-order chi connectivity index (χ1) is 14.5. The number of rotatable bonds is 6. The monoisotopic (exact) mass is 426 g/mol. The summed E-state index contributed by atoms with van der Waals surface area (Å²) in [4.78, 5) is 15.5. The summed E-state index contributed by atoms with van der Waals surface area (Å²) < 4.78 is 23.9. The second kappa shape index (κ2) is 9.18. The number of aromatic nitrogens is 2. The topological polar surface area (TPSA) is 87.5 Å². The molecule has 7 nitrogen and oxygen atoms in total. The first-order valence-corrected chi connectivity index (χ1v) is 11.3. The highest BCUT2D eigenvalue weighted by Crippen LogP contribution is 2.28. The van der Waals surface area contributed by atoms with Crippen LogP contribution in [-0.4, -0.2) is 50.1 Å². The van der Waals surface area contributed by atoms with Gasteiger partial charge in [-0.25, -0.2) is 13.6 Å². The Morgan fingerprint density at radius 3 is 2.60 bits per heavy atom. The molecule has 1 aliphatic rings. The molecule has 0 radical (unpaired) electrons. The average molecular weight is 427 g/mol. The van der Waals surface area contributed by atoms with Gasteiger partial charge in [0.05, 0.1) is 17.1 Å². The summed E-state index contributed by atoms with van der Waals surface area (Å²) in [5.74, 6) is 0. The Morgan fingerprint density at radius 1 is 1.13 bits per heavy atom. The SMILES string of the molecule is CN1CCC(n2nc(-c3cccc(CCNS(=O)O)c3)c3ccccc3c2=O)CC1. The van der Waals surface area contributed by atoms with Crippen molar-refractivity contribution in [1.82, 2.24) is 19.4 Å². The third-order valence-corrected chi connectivity index (χ3v) is 6.15. The quantitative estimate of drug-likeness (QED) is 0.592. The van der Waals surface area contributed by atoms with Gasteiger partial charge in [-0.15, -0.1) is 0 Å². The molecule has 2 N–H and O–H groups in total. The van der Waals surface area contributed by atoms with Crippen molar-refractivity contribution in [3.63, 3.8) is 0 Å². The molecule has 0 aliphatic carbocycles. The predicted octanol–water partition coefficient (Wildman–Crippen LogP) is 2.60. The van der Waals surface area contributed by atoms with E-state index in [4.69, 9.17) is 9.65 Å². The summed E-state index contributed by atoms with van der Waals surface area (Å²) >= 11 is -2.01. The summed E-state index contributed by atoms with van der Waals surface area (Å²) in [5.41, 5.74) is 2.74. The van der Waals surface area contributed by atoms with Crippen LogP contribution in [0.2, 0.25) is 0 Å². The maximum absolute atomic E-state index is 13.2. The predicted molar refractivity (Wildman–Crippen MR) is 120 cm³/mol. The molecule has 1 saturated heterocycles. The first-order valence-electron chi connectivity index (χ1n) is 10.2. The molecule has 0 bridgehead atoms. The van der Waals surface area contributed by atoms with E-state index in [9.17, 15) is 9.00 Å². The third kappa shape index (κ3) is 4.52. The lowest BCUT2D eigenvalue weighted by molar-refractivity contribution is 0.209. The van der Waals surface area contributed by atoms with Crippen molar-refractivity contribution in [3.05, 3.63) is 64.4 Å². The lowest BCUT2D eigenvalue weighted by Crippen LogP contribution is -2.36. The Hall–Kier alpha value is -2.39. The van der Waals surface area contributed by atoms with Crippen molar-refractivity contribution in [3.8, 4) is 11.3 Å². The van der Waals surface area contributed by atoms with Crippen LogP contribution in [0, 0.1) is 0 Å². The van der Waals surface area contributed by atoms with Crippen LogP contribution in [0.5, 0.6) is 0 Å². The van der Waals surface area contributed by atoms with Gasteiger partial charge in [-0.05, 0) is 57.1 Å². The molecule has 3 aromatic rings. The van der Waals surface area contributed by atoms with Gasteiger partial charge in [0.1, 0.15) is 0 Å². The number of fused-ring (bicyclic) bond motifs is 1. The zero-order valence-corrected chi connectivity index (χ0v) is 17.8. The fourth-order valence-electron chi connectivity index (χ4n) is 4.06. The maximum Gasteiger partial charge on any atom is 0.274 e. The summed E-state index contributed by atoms with van der Waals surface area (Å²) in [5, 5.41) is 6.38. The third-order valence-electron chi connectivity index (χ3n) is 5.70. The van der Waals surface area contributed by atoms with Crippen LogP contribution in [0.25, 0.3) is 22.0 Å². The van der Waals surface area contributed by atoms with Crippen LogP contribution in [0.15, 0.2) is 53.3 Å². The standard InChI is InChI=1S/C22H26N4O3S/c1-25-13-10-18(11-14-25)26-22(27)20-8-3-2-7-19(20)21(24-26)17-6-4-5-16(15-17)9-12-23-30(28)29/h2-8,15,18,23H,9-14H2,1H3,(H,28,29). The Morgan fingerprint density at radius 2 is 1.87 bits per heavy atom. The van der Waals surface area contributed by atoms with E-state index in [-0.39, 0.29) is 11.6 Å². The highest BCUT2D eigenvalue weighted by atomic mass is 32.2. The number of piperidine rings is 1. The molecule has 158 valence electrons. The van der Waals surface area contributed by atoms with E-state index in [0.717, 1.165) is 48.1 Å². The highest BCUT2D eigenvalue weighted by molar-refractivity contribution is 7.77. The molecule has 1 unspecified atom stereocenters. The van der Waals surface area contributed by atoms with Crippen molar-refractivity contribution >= 4 is 22.0 Å². The summed E-state index contributed by atoms with van der Waals surface area (Å²) in [6.45, 7) is 2.31. The number of benzene rings is 2. The van der Waals surface area contributed by atoms with Crippen LogP contribution in [-0.2, 0) is 17.7 Å². The Kier molecular flexibility index (Phi) is 6.38. The van der Waals surface area contributed by atoms with Crippen molar-refractivity contribution < 1.29 is 8.76 Å². The lowest BCUT2D eigenvalue weighted by Gasteiger charge is -2.29. The molecule has 1 aliphatic heterocycles. The van der Waals surface area contributed by atoms with E-state index in [1.807, 2.05) is 48.5 Å².